The molecule has 6 nitrogen and oxygen atoms in total. The zero-order valence-corrected chi connectivity index (χ0v) is 44.7. The van der Waals surface area contributed by atoms with Crippen LogP contribution < -0.4 is 5.32 Å². The highest BCUT2D eigenvalue weighted by Gasteiger charge is 2.24. The first kappa shape index (κ1) is 65.0. The van der Waals surface area contributed by atoms with Crippen molar-refractivity contribution in [3.8, 4) is 0 Å². The molecule has 0 rings (SSSR count). The third-order valence-electron chi connectivity index (χ3n) is 12.7. The van der Waals surface area contributed by atoms with Crippen LogP contribution in [0.4, 0.5) is 0 Å². The van der Waals surface area contributed by atoms with Crippen LogP contribution in [0, 0.1) is 0 Å². The Hall–Kier alpha value is -2.96. The molecule has 3 N–H and O–H groups in total. The summed E-state index contributed by atoms with van der Waals surface area (Å²) < 4.78 is 5.92. The fourth-order valence-corrected chi connectivity index (χ4v) is 8.31. The molecular weight excluding hydrogens is 839 g/mol. The molecule has 0 aromatic rings. The van der Waals surface area contributed by atoms with Gasteiger partial charge in [0.15, 0.2) is 0 Å². The van der Waals surface area contributed by atoms with E-state index in [2.05, 4.69) is 111 Å². The van der Waals surface area contributed by atoms with E-state index in [1.807, 2.05) is 0 Å². The van der Waals surface area contributed by atoms with Crippen molar-refractivity contribution in [2.24, 2.45) is 0 Å². The minimum atomic E-state index is -0.808. The highest BCUT2D eigenvalue weighted by atomic mass is 16.5. The Bertz CT molecular complexity index is 1290. The van der Waals surface area contributed by atoms with Gasteiger partial charge in [-0.15, -0.1) is 0 Å². The van der Waals surface area contributed by atoms with Gasteiger partial charge in [0.25, 0.3) is 0 Å². The molecule has 0 saturated heterocycles. The van der Waals surface area contributed by atoms with Crippen molar-refractivity contribution in [2.75, 3.05) is 6.61 Å². The average molecular weight is 949 g/mol. The van der Waals surface area contributed by atoms with E-state index in [1.54, 1.807) is 0 Å². The first-order valence-corrected chi connectivity index (χ1v) is 28.8. The maximum atomic E-state index is 13.3. The Morgan fingerprint density at radius 1 is 0.426 bits per heavy atom. The van der Waals surface area contributed by atoms with Crippen LogP contribution in [0.2, 0.25) is 0 Å². The smallest absolute Gasteiger partial charge is 0.306 e. The third kappa shape index (κ3) is 49.5. The summed E-state index contributed by atoms with van der Waals surface area (Å²) in [5.74, 6) is -0.562. The topological polar surface area (TPSA) is 95.9 Å². The highest BCUT2D eigenvalue weighted by molar-refractivity contribution is 5.77. The Morgan fingerprint density at radius 3 is 1.16 bits per heavy atom. The van der Waals surface area contributed by atoms with Gasteiger partial charge in [-0.05, 0) is 103 Å². The average Bonchev–Trinajstić information content (AvgIpc) is 3.33. The molecule has 68 heavy (non-hydrogen) atoms. The summed E-state index contributed by atoms with van der Waals surface area (Å²) in [6.45, 7) is 6.42. The number of aliphatic hydroxyl groups is 2. The molecule has 6 heteroatoms. The normalized spacial score (nSPS) is 13.8. The van der Waals surface area contributed by atoms with Crippen LogP contribution in [-0.2, 0) is 14.3 Å². The molecule has 0 aliphatic heterocycles. The van der Waals surface area contributed by atoms with Gasteiger partial charge < -0.3 is 20.3 Å². The van der Waals surface area contributed by atoms with E-state index >= 15 is 0 Å². The van der Waals surface area contributed by atoms with E-state index in [4.69, 9.17) is 4.74 Å². The van der Waals surface area contributed by atoms with Gasteiger partial charge in [-0.2, -0.15) is 0 Å². The van der Waals surface area contributed by atoms with Crippen LogP contribution in [0.1, 0.15) is 271 Å². The maximum absolute atomic E-state index is 13.3. The lowest BCUT2D eigenvalue weighted by Crippen LogP contribution is -2.46. The van der Waals surface area contributed by atoms with Gasteiger partial charge in [0.05, 0.1) is 25.2 Å². The number of rotatable bonds is 51. The van der Waals surface area contributed by atoms with Crippen LogP contribution in [0.25, 0.3) is 0 Å². The summed E-state index contributed by atoms with van der Waals surface area (Å²) >= 11 is 0. The summed E-state index contributed by atoms with van der Waals surface area (Å²) in [4.78, 5) is 26.3. The van der Waals surface area contributed by atoms with Crippen LogP contribution >= 0.6 is 0 Å². The van der Waals surface area contributed by atoms with E-state index in [9.17, 15) is 19.8 Å². The molecule has 0 aliphatic rings. The number of esters is 1. The van der Waals surface area contributed by atoms with E-state index in [0.717, 1.165) is 89.9 Å². The van der Waals surface area contributed by atoms with Crippen molar-refractivity contribution in [2.45, 2.75) is 289 Å². The molecule has 392 valence electrons. The lowest BCUT2D eigenvalue weighted by Gasteiger charge is -2.24. The predicted molar refractivity (Wildman–Crippen MR) is 296 cm³/mol. The number of hydrogen-bond acceptors (Lipinski definition) is 5. The fraction of sp³-hybridized carbons (Fsp3) is 0.742. The summed E-state index contributed by atoms with van der Waals surface area (Å²) in [7, 11) is 0. The number of carbonyl (C=O) groups excluding carboxylic acids is 2. The molecule has 0 bridgehead atoms. The SMILES string of the molecule is CCCCC/C=C\C/C=C\C/C=C\C/C=C\CCCC(=O)OC(CCCCCC/C=C\C/C=C\C/C=C\CCCCC)CC(=O)NC(CO)C(O)CCCCCCCCCCCCCCCCC. The Morgan fingerprint density at radius 2 is 0.750 bits per heavy atom. The predicted octanol–water partition coefficient (Wildman–Crippen LogP) is 17.9. The quantitative estimate of drug-likeness (QED) is 0.0321. The lowest BCUT2D eigenvalue weighted by atomic mass is 10.0. The number of ether oxygens (including phenoxy) is 1. The molecule has 1 amide bonds. The van der Waals surface area contributed by atoms with E-state index in [1.165, 1.54) is 128 Å². The van der Waals surface area contributed by atoms with Crippen molar-refractivity contribution in [3.05, 3.63) is 85.1 Å². The molecule has 0 aromatic heterocycles. The van der Waals surface area contributed by atoms with E-state index < -0.39 is 18.2 Å². The standard InChI is InChI=1S/C62H109NO5/c1-4-7-10-13-16-19-22-25-28-30-33-35-38-41-44-47-50-53-58(68-62(67)55-52-49-46-43-40-37-34-31-29-26-23-20-17-14-11-8-5-2)56-61(66)63-59(57-64)60(65)54-51-48-45-42-39-36-32-27-24-21-18-15-12-9-6-3/h16-17,19-20,25-26,28-29,33-35,37,43,46,58-60,64-65H,4-15,18,21-24,27,30-32,36,38-42,44-45,47-57H2,1-3H3,(H,63,66)/b19-16-,20-17-,28-25-,29-26-,35-33-,37-34-,46-43-. The van der Waals surface area contributed by atoms with Crippen molar-refractivity contribution in [1.82, 2.24) is 5.32 Å². The first-order valence-electron chi connectivity index (χ1n) is 28.8. The van der Waals surface area contributed by atoms with Crippen molar-refractivity contribution in [3.63, 3.8) is 0 Å². The van der Waals surface area contributed by atoms with Gasteiger partial charge in [-0.25, -0.2) is 0 Å². The summed E-state index contributed by atoms with van der Waals surface area (Å²) in [6.07, 6.45) is 72.1. The van der Waals surface area contributed by atoms with Gasteiger partial charge in [0, 0.05) is 6.42 Å². The fourth-order valence-electron chi connectivity index (χ4n) is 8.31. The van der Waals surface area contributed by atoms with Crippen molar-refractivity contribution < 1.29 is 24.5 Å². The molecule has 0 saturated carbocycles. The van der Waals surface area contributed by atoms with Crippen molar-refractivity contribution >= 4 is 11.9 Å². The summed E-state index contributed by atoms with van der Waals surface area (Å²) in [6, 6.07) is -0.725. The van der Waals surface area contributed by atoms with Crippen LogP contribution in [0.5, 0.6) is 0 Å². The number of allylic oxidation sites excluding steroid dienone is 14. The van der Waals surface area contributed by atoms with E-state index in [-0.39, 0.29) is 24.9 Å². The molecule has 3 atom stereocenters. The van der Waals surface area contributed by atoms with Crippen LogP contribution in [0.15, 0.2) is 85.1 Å². The number of aliphatic hydroxyl groups excluding tert-OH is 2. The molecule has 0 aliphatic carbocycles. The number of hydrogen-bond donors (Lipinski definition) is 3. The van der Waals surface area contributed by atoms with Crippen LogP contribution in [-0.4, -0.2) is 46.9 Å². The molecule has 3 unspecified atom stereocenters. The lowest BCUT2D eigenvalue weighted by molar-refractivity contribution is -0.151. The van der Waals surface area contributed by atoms with E-state index in [0.29, 0.717) is 25.7 Å². The summed E-state index contributed by atoms with van der Waals surface area (Å²) in [5, 5.41) is 23.9. The zero-order chi connectivity index (χ0) is 49.5. The van der Waals surface area contributed by atoms with Gasteiger partial charge >= 0.3 is 5.97 Å². The Balaban J connectivity index is 4.71. The number of unbranched alkanes of at least 4 members (excludes halogenated alkanes) is 25. The minimum absolute atomic E-state index is 0.0377. The largest absolute Gasteiger partial charge is 0.462 e. The van der Waals surface area contributed by atoms with Gasteiger partial charge in [-0.3, -0.25) is 9.59 Å². The second-order valence-corrected chi connectivity index (χ2v) is 19.3. The number of amides is 1. The van der Waals surface area contributed by atoms with Gasteiger partial charge in [-0.1, -0.05) is 241 Å². The first-order chi connectivity index (χ1) is 33.5. The summed E-state index contributed by atoms with van der Waals surface area (Å²) in [5.41, 5.74) is 0. The third-order valence-corrected chi connectivity index (χ3v) is 12.7. The highest BCUT2D eigenvalue weighted by Crippen LogP contribution is 2.17. The second-order valence-electron chi connectivity index (χ2n) is 19.3. The maximum Gasteiger partial charge on any atom is 0.306 e. The molecule has 0 aromatic carbocycles. The molecule has 0 heterocycles. The van der Waals surface area contributed by atoms with Gasteiger partial charge in [0.1, 0.15) is 6.10 Å². The monoisotopic (exact) mass is 948 g/mol. The molecule has 0 fully saturated rings. The minimum Gasteiger partial charge on any atom is -0.462 e. The Labute approximate surface area is 421 Å². The number of carbonyl (C=O) groups is 2. The molecular formula is C62H109NO5. The van der Waals surface area contributed by atoms with Crippen LogP contribution in [0.3, 0.4) is 0 Å². The van der Waals surface area contributed by atoms with Crippen molar-refractivity contribution in [1.29, 1.82) is 0 Å². The van der Waals surface area contributed by atoms with Gasteiger partial charge in [0.2, 0.25) is 5.91 Å². The number of nitrogens with one attached hydrogen (secondary N) is 1. The molecule has 0 spiro atoms. The Kier molecular flexibility index (Phi) is 52.6. The second kappa shape index (κ2) is 55.0. The zero-order valence-electron chi connectivity index (χ0n) is 44.7. The molecule has 0 radical (unpaired) electrons.